The minimum atomic E-state index is -0.0779. The Morgan fingerprint density at radius 3 is 2.84 bits per heavy atom. The van der Waals surface area contributed by atoms with Crippen LogP contribution in [-0.2, 0) is 13.6 Å². The Morgan fingerprint density at radius 1 is 1.26 bits per heavy atom. The van der Waals surface area contributed by atoms with Gasteiger partial charge in [-0.05, 0) is 32.2 Å². The number of likely N-dealkylation sites (tertiary alicyclic amines) is 1. The SMILES string of the molecule is Cn1cncc1CN1CCCC1C1CCCCC1O. The molecule has 0 radical (unpaired) electrons. The van der Waals surface area contributed by atoms with Crippen molar-refractivity contribution < 1.29 is 5.11 Å². The highest BCUT2D eigenvalue weighted by molar-refractivity contribution is 5.00. The van der Waals surface area contributed by atoms with E-state index in [0.717, 1.165) is 13.0 Å². The predicted molar refractivity (Wildman–Crippen MR) is 74.6 cm³/mol. The van der Waals surface area contributed by atoms with Crippen molar-refractivity contribution in [2.24, 2.45) is 13.0 Å². The summed E-state index contributed by atoms with van der Waals surface area (Å²) in [6, 6.07) is 0.574. The molecule has 3 rings (SSSR count). The molecule has 1 aliphatic heterocycles. The second kappa shape index (κ2) is 5.63. The summed E-state index contributed by atoms with van der Waals surface area (Å²) >= 11 is 0. The molecule has 1 saturated carbocycles. The zero-order valence-electron chi connectivity index (χ0n) is 11.8. The molecular formula is C15H25N3O. The van der Waals surface area contributed by atoms with Crippen LogP contribution in [0.4, 0.5) is 0 Å². The molecule has 4 nitrogen and oxygen atoms in total. The predicted octanol–water partition coefficient (Wildman–Crippen LogP) is 1.94. The molecule has 0 spiro atoms. The van der Waals surface area contributed by atoms with Crippen LogP contribution < -0.4 is 0 Å². The lowest BCUT2D eigenvalue weighted by molar-refractivity contribution is 0.0197. The number of aryl methyl sites for hydroxylation is 1. The summed E-state index contributed by atoms with van der Waals surface area (Å²) in [5.74, 6) is 0.490. The maximum Gasteiger partial charge on any atom is 0.0945 e. The van der Waals surface area contributed by atoms with Crippen molar-refractivity contribution in [3.63, 3.8) is 0 Å². The summed E-state index contributed by atoms with van der Waals surface area (Å²) in [7, 11) is 2.06. The summed E-state index contributed by atoms with van der Waals surface area (Å²) in [5, 5.41) is 10.3. The Kier molecular flexibility index (Phi) is 3.89. The quantitative estimate of drug-likeness (QED) is 0.906. The van der Waals surface area contributed by atoms with Gasteiger partial charge in [0.25, 0.3) is 0 Å². The van der Waals surface area contributed by atoms with Crippen molar-refractivity contribution in [2.75, 3.05) is 6.54 Å². The fraction of sp³-hybridized carbons (Fsp3) is 0.800. The molecule has 1 saturated heterocycles. The second-order valence-corrected chi connectivity index (χ2v) is 6.19. The number of rotatable bonds is 3. The highest BCUT2D eigenvalue weighted by atomic mass is 16.3. The van der Waals surface area contributed by atoms with Crippen molar-refractivity contribution in [1.82, 2.24) is 14.5 Å². The first-order valence-electron chi connectivity index (χ1n) is 7.63. The van der Waals surface area contributed by atoms with E-state index in [1.54, 1.807) is 0 Å². The average molecular weight is 263 g/mol. The van der Waals surface area contributed by atoms with Gasteiger partial charge in [0.2, 0.25) is 0 Å². The number of hydrogen-bond acceptors (Lipinski definition) is 3. The van der Waals surface area contributed by atoms with Crippen molar-refractivity contribution in [3.8, 4) is 0 Å². The lowest BCUT2D eigenvalue weighted by atomic mass is 9.80. The molecule has 106 valence electrons. The number of aromatic nitrogens is 2. The summed E-state index contributed by atoms with van der Waals surface area (Å²) in [6.07, 6.45) is 11.0. The topological polar surface area (TPSA) is 41.3 Å². The van der Waals surface area contributed by atoms with Gasteiger partial charge in [0.15, 0.2) is 0 Å². The van der Waals surface area contributed by atoms with E-state index in [1.165, 1.54) is 44.3 Å². The summed E-state index contributed by atoms with van der Waals surface area (Å²) in [4.78, 5) is 6.77. The molecule has 3 unspecified atom stereocenters. The van der Waals surface area contributed by atoms with Gasteiger partial charge in [0, 0.05) is 31.7 Å². The normalized spacial score (nSPS) is 32.8. The van der Waals surface area contributed by atoms with Gasteiger partial charge >= 0.3 is 0 Å². The molecule has 3 atom stereocenters. The van der Waals surface area contributed by atoms with E-state index in [-0.39, 0.29) is 6.10 Å². The molecule has 0 amide bonds. The molecular weight excluding hydrogens is 238 g/mol. The smallest absolute Gasteiger partial charge is 0.0945 e. The Bertz CT molecular complexity index is 417. The Balaban J connectivity index is 1.69. The highest BCUT2D eigenvalue weighted by Crippen LogP contribution is 2.35. The molecule has 19 heavy (non-hydrogen) atoms. The average Bonchev–Trinajstić information content (AvgIpc) is 3.01. The van der Waals surface area contributed by atoms with Crippen LogP contribution in [0.2, 0.25) is 0 Å². The van der Waals surface area contributed by atoms with E-state index in [0.29, 0.717) is 12.0 Å². The third-order valence-electron chi connectivity index (χ3n) is 4.97. The lowest BCUT2D eigenvalue weighted by Crippen LogP contribution is -2.42. The van der Waals surface area contributed by atoms with Crippen LogP contribution in [0.5, 0.6) is 0 Å². The van der Waals surface area contributed by atoms with Gasteiger partial charge in [-0.1, -0.05) is 12.8 Å². The number of aliphatic hydroxyl groups is 1. The van der Waals surface area contributed by atoms with Crippen molar-refractivity contribution >= 4 is 0 Å². The molecule has 4 heteroatoms. The van der Waals surface area contributed by atoms with Gasteiger partial charge in [-0.15, -0.1) is 0 Å². The van der Waals surface area contributed by atoms with Crippen LogP contribution in [0.15, 0.2) is 12.5 Å². The van der Waals surface area contributed by atoms with Crippen LogP contribution in [0.1, 0.15) is 44.2 Å². The van der Waals surface area contributed by atoms with E-state index in [4.69, 9.17) is 0 Å². The largest absolute Gasteiger partial charge is 0.393 e. The van der Waals surface area contributed by atoms with Crippen LogP contribution in [0.25, 0.3) is 0 Å². The molecule has 0 bridgehead atoms. The van der Waals surface area contributed by atoms with Crippen LogP contribution >= 0.6 is 0 Å². The van der Waals surface area contributed by atoms with E-state index >= 15 is 0 Å². The molecule has 2 heterocycles. The van der Waals surface area contributed by atoms with E-state index < -0.39 is 0 Å². The van der Waals surface area contributed by atoms with Crippen molar-refractivity contribution in [1.29, 1.82) is 0 Å². The maximum atomic E-state index is 10.3. The molecule has 0 aromatic carbocycles. The molecule has 1 aromatic rings. The lowest BCUT2D eigenvalue weighted by Gasteiger charge is -2.37. The van der Waals surface area contributed by atoms with Crippen LogP contribution in [0.3, 0.4) is 0 Å². The third-order valence-corrected chi connectivity index (χ3v) is 4.97. The first-order chi connectivity index (χ1) is 9.25. The van der Waals surface area contributed by atoms with E-state index in [2.05, 4.69) is 21.5 Å². The van der Waals surface area contributed by atoms with Crippen molar-refractivity contribution in [2.45, 2.75) is 57.2 Å². The van der Waals surface area contributed by atoms with Crippen LogP contribution in [-0.4, -0.2) is 38.2 Å². The Hall–Kier alpha value is -0.870. The molecule has 1 aliphatic carbocycles. The molecule has 1 N–H and O–H groups in total. The monoisotopic (exact) mass is 263 g/mol. The van der Waals surface area contributed by atoms with Gasteiger partial charge in [0.1, 0.15) is 0 Å². The minimum absolute atomic E-state index is 0.0779. The van der Waals surface area contributed by atoms with Gasteiger partial charge in [-0.3, -0.25) is 4.90 Å². The van der Waals surface area contributed by atoms with Gasteiger partial charge < -0.3 is 9.67 Å². The minimum Gasteiger partial charge on any atom is -0.393 e. The molecule has 2 aliphatic rings. The zero-order chi connectivity index (χ0) is 13.2. The number of imidazole rings is 1. The maximum absolute atomic E-state index is 10.3. The fourth-order valence-corrected chi connectivity index (χ4v) is 3.87. The number of nitrogens with zero attached hydrogens (tertiary/aromatic N) is 3. The second-order valence-electron chi connectivity index (χ2n) is 6.19. The molecule has 1 aromatic heterocycles. The summed E-state index contributed by atoms with van der Waals surface area (Å²) in [5.41, 5.74) is 1.28. The number of hydrogen-bond donors (Lipinski definition) is 1. The fourth-order valence-electron chi connectivity index (χ4n) is 3.87. The standard InChI is InChI=1S/C15H25N3O/c1-17-11-16-9-12(17)10-18-8-4-6-14(18)13-5-2-3-7-15(13)19/h9,11,13-15,19H,2-8,10H2,1H3. The van der Waals surface area contributed by atoms with Crippen LogP contribution in [0, 0.1) is 5.92 Å². The Labute approximate surface area is 115 Å². The first kappa shape index (κ1) is 13.1. The molecule has 2 fully saturated rings. The van der Waals surface area contributed by atoms with Gasteiger partial charge in [-0.2, -0.15) is 0 Å². The number of aliphatic hydroxyl groups excluding tert-OH is 1. The van der Waals surface area contributed by atoms with E-state index in [9.17, 15) is 5.11 Å². The summed E-state index contributed by atoms with van der Waals surface area (Å²) in [6.45, 7) is 2.14. The Morgan fingerprint density at radius 2 is 2.11 bits per heavy atom. The highest BCUT2D eigenvalue weighted by Gasteiger charge is 2.36. The zero-order valence-corrected chi connectivity index (χ0v) is 11.8. The van der Waals surface area contributed by atoms with Gasteiger partial charge in [0.05, 0.1) is 18.1 Å². The van der Waals surface area contributed by atoms with Crippen molar-refractivity contribution in [3.05, 3.63) is 18.2 Å². The van der Waals surface area contributed by atoms with E-state index in [1.807, 2.05) is 12.5 Å². The first-order valence-corrected chi connectivity index (χ1v) is 7.63. The third kappa shape index (κ3) is 2.70. The summed E-state index contributed by atoms with van der Waals surface area (Å²) < 4.78 is 2.10. The van der Waals surface area contributed by atoms with Gasteiger partial charge in [-0.25, -0.2) is 4.98 Å².